The predicted octanol–water partition coefficient (Wildman–Crippen LogP) is 14.8. The Kier molecular flexibility index (Phi) is 7.55. The first-order chi connectivity index (χ1) is 26.3. The average Bonchev–Trinajstić information content (AvgIpc) is 3.24. The molecular formula is C52H35N. The van der Waals surface area contributed by atoms with Crippen LogP contribution >= 0.6 is 0 Å². The van der Waals surface area contributed by atoms with E-state index in [4.69, 9.17) is 0 Å². The van der Waals surface area contributed by atoms with Crippen molar-refractivity contribution < 1.29 is 0 Å². The van der Waals surface area contributed by atoms with Crippen LogP contribution in [0.1, 0.15) is 0 Å². The van der Waals surface area contributed by atoms with Crippen molar-refractivity contribution in [2.75, 3.05) is 4.90 Å². The third-order valence-electron chi connectivity index (χ3n) is 10.6. The van der Waals surface area contributed by atoms with Gasteiger partial charge in [-0.1, -0.05) is 176 Å². The minimum atomic E-state index is 1.10. The number of anilines is 3. The molecule has 0 amide bonds. The van der Waals surface area contributed by atoms with E-state index in [9.17, 15) is 0 Å². The van der Waals surface area contributed by atoms with Gasteiger partial charge in [-0.05, 0) is 107 Å². The van der Waals surface area contributed by atoms with Crippen molar-refractivity contribution in [2.24, 2.45) is 0 Å². The lowest BCUT2D eigenvalue weighted by Crippen LogP contribution is -2.11. The first-order valence-corrected chi connectivity index (χ1v) is 18.3. The van der Waals surface area contributed by atoms with E-state index >= 15 is 0 Å². The molecule has 10 rings (SSSR count). The van der Waals surface area contributed by atoms with Gasteiger partial charge >= 0.3 is 0 Å². The number of rotatable bonds is 6. The Morgan fingerprint density at radius 2 is 0.755 bits per heavy atom. The number of hydrogen-bond acceptors (Lipinski definition) is 1. The van der Waals surface area contributed by atoms with E-state index in [0.717, 1.165) is 17.1 Å². The molecule has 0 atom stereocenters. The maximum atomic E-state index is 2.43. The fourth-order valence-corrected chi connectivity index (χ4v) is 8.15. The van der Waals surface area contributed by atoms with Crippen LogP contribution in [-0.2, 0) is 0 Å². The molecule has 0 saturated heterocycles. The molecule has 10 aromatic rings. The Morgan fingerprint density at radius 1 is 0.264 bits per heavy atom. The van der Waals surface area contributed by atoms with E-state index in [-0.39, 0.29) is 0 Å². The minimum absolute atomic E-state index is 1.10. The minimum Gasteiger partial charge on any atom is -0.310 e. The first kappa shape index (κ1) is 30.8. The molecule has 1 nitrogen and oxygen atoms in total. The van der Waals surface area contributed by atoms with E-state index in [2.05, 4.69) is 217 Å². The highest BCUT2D eigenvalue weighted by molar-refractivity contribution is 6.29. The van der Waals surface area contributed by atoms with Gasteiger partial charge in [-0.2, -0.15) is 0 Å². The Hall–Kier alpha value is -6.96. The lowest BCUT2D eigenvalue weighted by Gasteiger charge is -2.29. The van der Waals surface area contributed by atoms with Crippen molar-refractivity contribution in [3.05, 3.63) is 212 Å². The fraction of sp³-hybridized carbons (Fsp3) is 0. The Morgan fingerprint density at radius 3 is 1.43 bits per heavy atom. The molecule has 0 aliphatic carbocycles. The quantitative estimate of drug-likeness (QED) is 0.159. The molecule has 0 bridgehead atoms. The molecule has 0 radical (unpaired) electrons. The molecule has 0 fully saturated rings. The number of fused-ring (bicyclic) bond motifs is 7. The van der Waals surface area contributed by atoms with Gasteiger partial charge in [0.2, 0.25) is 0 Å². The molecule has 10 aromatic carbocycles. The van der Waals surface area contributed by atoms with Crippen molar-refractivity contribution in [1.82, 2.24) is 0 Å². The number of hydrogen-bond donors (Lipinski definition) is 0. The highest BCUT2D eigenvalue weighted by atomic mass is 15.1. The monoisotopic (exact) mass is 673 g/mol. The van der Waals surface area contributed by atoms with Crippen LogP contribution in [-0.4, -0.2) is 0 Å². The molecule has 248 valence electrons. The Bertz CT molecular complexity index is 2860. The van der Waals surface area contributed by atoms with Gasteiger partial charge in [-0.3, -0.25) is 0 Å². The zero-order valence-electron chi connectivity index (χ0n) is 29.2. The van der Waals surface area contributed by atoms with E-state index in [1.807, 2.05) is 0 Å². The van der Waals surface area contributed by atoms with Gasteiger partial charge < -0.3 is 4.90 Å². The molecule has 53 heavy (non-hydrogen) atoms. The standard InChI is InChI=1S/C52H35N/c1-3-15-36(16-4-1)40-20-13-22-43(33-40)53(44-23-14-21-41(34-44)37-17-5-2-6-18-37)50-28-12-11-26-47(50)49-35-42-32-31-39-30-29-38-19-7-8-24-45(38)51(39)52(42)48-27-10-9-25-46(48)49/h1-35H. The molecule has 0 saturated carbocycles. The Labute approximate surface area is 309 Å². The smallest absolute Gasteiger partial charge is 0.0540 e. The lowest BCUT2D eigenvalue weighted by molar-refractivity contribution is 1.28. The molecule has 0 heterocycles. The van der Waals surface area contributed by atoms with Crippen molar-refractivity contribution in [3.8, 4) is 33.4 Å². The van der Waals surface area contributed by atoms with Crippen LogP contribution in [0.2, 0.25) is 0 Å². The summed E-state index contributed by atoms with van der Waals surface area (Å²) in [4.78, 5) is 2.43. The summed E-state index contributed by atoms with van der Waals surface area (Å²) in [7, 11) is 0. The lowest BCUT2D eigenvalue weighted by atomic mass is 9.88. The zero-order chi connectivity index (χ0) is 35.1. The molecule has 0 aliphatic heterocycles. The van der Waals surface area contributed by atoms with E-state index in [1.54, 1.807) is 0 Å². The maximum absolute atomic E-state index is 2.43. The van der Waals surface area contributed by atoms with E-state index < -0.39 is 0 Å². The van der Waals surface area contributed by atoms with Gasteiger partial charge in [-0.25, -0.2) is 0 Å². The van der Waals surface area contributed by atoms with Crippen LogP contribution in [0.25, 0.3) is 76.5 Å². The van der Waals surface area contributed by atoms with E-state index in [1.165, 1.54) is 76.5 Å². The van der Waals surface area contributed by atoms with Crippen molar-refractivity contribution >= 4 is 60.2 Å². The highest BCUT2D eigenvalue weighted by Crippen LogP contribution is 2.46. The molecule has 0 unspecified atom stereocenters. The summed E-state index contributed by atoms with van der Waals surface area (Å²) in [5.74, 6) is 0. The first-order valence-electron chi connectivity index (χ1n) is 18.3. The second-order valence-corrected chi connectivity index (χ2v) is 13.7. The second kappa shape index (κ2) is 13.0. The summed E-state index contributed by atoms with van der Waals surface area (Å²) in [6, 6.07) is 77.3. The maximum Gasteiger partial charge on any atom is 0.0540 e. The second-order valence-electron chi connectivity index (χ2n) is 13.7. The van der Waals surface area contributed by atoms with Gasteiger partial charge in [0.05, 0.1) is 5.69 Å². The number of para-hydroxylation sites is 1. The summed E-state index contributed by atoms with van der Waals surface area (Å²) in [6.07, 6.45) is 0. The van der Waals surface area contributed by atoms with Crippen molar-refractivity contribution in [1.29, 1.82) is 0 Å². The van der Waals surface area contributed by atoms with Gasteiger partial charge in [0.1, 0.15) is 0 Å². The zero-order valence-corrected chi connectivity index (χ0v) is 29.2. The van der Waals surface area contributed by atoms with Crippen molar-refractivity contribution in [2.45, 2.75) is 0 Å². The Balaban J connectivity index is 1.24. The van der Waals surface area contributed by atoms with Gasteiger partial charge in [0.25, 0.3) is 0 Å². The molecular weight excluding hydrogens is 639 g/mol. The SMILES string of the molecule is c1ccc(-c2cccc(N(c3cccc(-c4ccccc4)c3)c3ccccc3-c3cc4ccc5ccc6ccccc6c5c4c4ccccc34)c2)cc1. The molecule has 0 N–H and O–H groups in total. The molecule has 0 aromatic heterocycles. The number of benzene rings is 10. The highest BCUT2D eigenvalue weighted by Gasteiger charge is 2.21. The summed E-state index contributed by atoms with van der Waals surface area (Å²) < 4.78 is 0. The summed E-state index contributed by atoms with van der Waals surface area (Å²) >= 11 is 0. The normalized spacial score (nSPS) is 11.4. The van der Waals surface area contributed by atoms with Crippen molar-refractivity contribution in [3.63, 3.8) is 0 Å². The number of nitrogens with zero attached hydrogens (tertiary/aromatic N) is 1. The third kappa shape index (κ3) is 5.42. The van der Waals surface area contributed by atoms with Crippen LogP contribution in [0.15, 0.2) is 212 Å². The van der Waals surface area contributed by atoms with Gasteiger partial charge in [0, 0.05) is 16.9 Å². The van der Waals surface area contributed by atoms with Crippen LogP contribution in [0.3, 0.4) is 0 Å². The topological polar surface area (TPSA) is 3.24 Å². The fourth-order valence-electron chi connectivity index (χ4n) is 8.15. The molecule has 0 aliphatic rings. The third-order valence-corrected chi connectivity index (χ3v) is 10.6. The van der Waals surface area contributed by atoms with Crippen LogP contribution in [0.5, 0.6) is 0 Å². The van der Waals surface area contributed by atoms with Gasteiger partial charge in [-0.15, -0.1) is 0 Å². The predicted molar refractivity (Wildman–Crippen MR) is 227 cm³/mol. The molecule has 0 spiro atoms. The summed E-state index contributed by atoms with van der Waals surface area (Å²) in [5.41, 5.74) is 10.5. The van der Waals surface area contributed by atoms with Crippen LogP contribution < -0.4 is 4.90 Å². The summed E-state index contributed by atoms with van der Waals surface area (Å²) in [6.45, 7) is 0. The van der Waals surface area contributed by atoms with Crippen LogP contribution in [0, 0.1) is 0 Å². The van der Waals surface area contributed by atoms with Gasteiger partial charge in [0.15, 0.2) is 0 Å². The average molecular weight is 674 g/mol. The summed E-state index contributed by atoms with van der Waals surface area (Å²) in [5, 5.41) is 10.2. The van der Waals surface area contributed by atoms with Crippen LogP contribution in [0.4, 0.5) is 17.1 Å². The largest absolute Gasteiger partial charge is 0.310 e. The molecule has 1 heteroatoms. The van der Waals surface area contributed by atoms with E-state index in [0.29, 0.717) is 0 Å².